The van der Waals surface area contributed by atoms with E-state index < -0.39 is 0 Å². The van der Waals surface area contributed by atoms with Crippen molar-refractivity contribution >= 4 is 5.69 Å². The van der Waals surface area contributed by atoms with E-state index >= 15 is 0 Å². The van der Waals surface area contributed by atoms with Crippen LogP contribution >= 0.6 is 0 Å². The van der Waals surface area contributed by atoms with Gasteiger partial charge in [0.05, 0.1) is 18.1 Å². The lowest BCUT2D eigenvalue weighted by Gasteiger charge is -2.19. The summed E-state index contributed by atoms with van der Waals surface area (Å²) in [5, 5.41) is 8.84. The summed E-state index contributed by atoms with van der Waals surface area (Å²) in [6, 6.07) is -0.175. The van der Waals surface area contributed by atoms with Crippen molar-refractivity contribution in [2.75, 3.05) is 18.0 Å². The minimum absolute atomic E-state index is 0.175. The molecule has 0 aliphatic heterocycles. The molecule has 4 heteroatoms. The molecule has 0 aliphatic rings. The Kier molecular flexibility index (Phi) is 2.85. The average molecular weight is 167 g/mol. The highest BCUT2D eigenvalue weighted by Gasteiger charge is 2.01. The van der Waals surface area contributed by atoms with Gasteiger partial charge in [-0.25, -0.2) is 9.97 Å². The van der Waals surface area contributed by atoms with Gasteiger partial charge in [-0.2, -0.15) is 0 Å². The Morgan fingerprint density at radius 2 is 1.75 bits per heavy atom. The van der Waals surface area contributed by atoms with Crippen LogP contribution in [0.15, 0.2) is 12.4 Å². The van der Waals surface area contributed by atoms with Gasteiger partial charge < -0.3 is 10.0 Å². The van der Waals surface area contributed by atoms with Crippen molar-refractivity contribution in [1.29, 1.82) is 0 Å². The zero-order valence-electron chi connectivity index (χ0n) is 7.36. The highest BCUT2D eigenvalue weighted by atomic mass is 16.3. The van der Waals surface area contributed by atoms with Gasteiger partial charge in [0, 0.05) is 13.1 Å². The van der Waals surface area contributed by atoms with Gasteiger partial charge in [-0.05, 0) is 13.8 Å². The van der Waals surface area contributed by atoms with Crippen LogP contribution in [0, 0.1) is 0 Å². The van der Waals surface area contributed by atoms with Crippen LogP contribution in [0.1, 0.15) is 13.8 Å². The summed E-state index contributed by atoms with van der Waals surface area (Å²) in [4.78, 5) is 9.51. The quantitative estimate of drug-likeness (QED) is 0.730. The Balaban J connectivity index is 2.80. The van der Waals surface area contributed by atoms with Crippen LogP contribution in [0.3, 0.4) is 0 Å². The number of rotatable bonds is 3. The Morgan fingerprint density at radius 1 is 1.25 bits per heavy atom. The fraction of sp³-hybridized carbons (Fsp3) is 0.500. The van der Waals surface area contributed by atoms with Gasteiger partial charge in [0.15, 0.2) is 0 Å². The molecule has 4 nitrogen and oxygen atoms in total. The Morgan fingerprint density at radius 3 is 2.17 bits per heavy atom. The van der Waals surface area contributed by atoms with Crippen LogP contribution < -0.4 is 4.90 Å². The number of nitrogens with zero attached hydrogens (tertiary/aromatic N) is 3. The zero-order valence-corrected chi connectivity index (χ0v) is 7.36. The maximum Gasteiger partial charge on any atom is 0.313 e. The fourth-order valence-corrected chi connectivity index (χ4v) is 1.07. The molecule has 0 aliphatic carbocycles. The van der Waals surface area contributed by atoms with Gasteiger partial charge in [0.2, 0.25) is 0 Å². The fourth-order valence-electron chi connectivity index (χ4n) is 1.07. The molecule has 1 heterocycles. The molecule has 12 heavy (non-hydrogen) atoms. The van der Waals surface area contributed by atoms with Crippen LogP contribution in [0.25, 0.3) is 0 Å². The average Bonchev–Trinajstić information content (AvgIpc) is 2.10. The first kappa shape index (κ1) is 8.77. The molecule has 0 radical (unpaired) electrons. The molecule has 0 saturated carbocycles. The van der Waals surface area contributed by atoms with Crippen molar-refractivity contribution in [3.63, 3.8) is 0 Å². The van der Waals surface area contributed by atoms with Gasteiger partial charge >= 0.3 is 6.01 Å². The number of hydrogen-bond donors (Lipinski definition) is 1. The second-order valence-electron chi connectivity index (χ2n) is 2.41. The predicted octanol–water partition coefficient (Wildman–Crippen LogP) is 1.03. The van der Waals surface area contributed by atoms with Gasteiger partial charge in [-0.15, -0.1) is 0 Å². The first-order valence-corrected chi connectivity index (χ1v) is 4.03. The summed E-state index contributed by atoms with van der Waals surface area (Å²) in [7, 11) is 0. The van der Waals surface area contributed by atoms with E-state index in [1.807, 2.05) is 0 Å². The van der Waals surface area contributed by atoms with Crippen molar-refractivity contribution in [2.24, 2.45) is 0 Å². The smallest absolute Gasteiger partial charge is 0.313 e. The minimum Gasteiger partial charge on any atom is -0.479 e. The SMILES string of the molecule is CCN(CC)c1cnc(O)nc1. The van der Waals surface area contributed by atoms with Crippen molar-refractivity contribution < 1.29 is 5.11 Å². The normalized spacial score (nSPS) is 9.83. The van der Waals surface area contributed by atoms with E-state index in [4.69, 9.17) is 5.11 Å². The molecule has 0 aromatic carbocycles. The Hall–Kier alpha value is -1.32. The third-order valence-electron chi connectivity index (χ3n) is 1.75. The molecule has 0 spiro atoms. The molecule has 1 aromatic rings. The summed E-state index contributed by atoms with van der Waals surface area (Å²) in [5.74, 6) is 0. The van der Waals surface area contributed by atoms with Crippen LogP contribution in [0.2, 0.25) is 0 Å². The molecule has 0 saturated heterocycles. The second-order valence-corrected chi connectivity index (χ2v) is 2.41. The molecule has 0 fully saturated rings. The highest BCUT2D eigenvalue weighted by molar-refractivity contribution is 5.41. The lowest BCUT2D eigenvalue weighted by Crippen LogP contribution is -2.21. The van der Waals surface area contributed by atoms with Crippen LogP contribution in [-0.2, 0) is 0 Å². The van der Waals surface area contributed by atoms with Gasteiger partial charge in [0.1, 0.15) is 0 Å². The molecule has 0 amide bonds. The van der Waals surface area contributed by atoms with Crippen molar-refractivity contribution in [1.82, 2.24) is 9.97 Å². The second kappa shape index (κ2) is 3.90. The van der Waals surface area contributed by atoms with E-state index in [9.17, 15) is 0 Å². The summed E-state index contributed by atoms with van der Waals surface area (Å²) in [6.07, 6.45) is 3.24. The maximum absolute atomic E-state index is 8.84. The van der Waals surface area contributed by atoms with Crippen molar-refractivity contribution in [2.45, 2.75) is 13.8 Å². The van der Waals surface area contributed by atoms with E-state index in [0.29, 0.717) is 0 Å². The molecule has 0 unspecified atom stereocenters. The number of hydrogen-bond acceptors (Lipinski definition) is 4. The monoisotopic (exact) mass is 167 g/mol. The largest absolute Gasteiger partial charge is 0.479 e. The molecule has 0 atom stereocenters. The molecule has 1 N–H and O–H groups in total. The van der Waals surface area contributed by atoms with Gasteiger partial charge in [-0.3, -0.25) is 0 Å². The molecule has 1 rings (SSSR count). The van der Waals surface area contributed by atoms with Gasteiger partial charge in [-0.1, -0.05) is 0 Å². The van der Waals surface area contributed by atoms with E-state index in [2.05, 4.69) is 28.7 Å². The summed E-state index contributed by atoms with van der Waals surface area (Å²) in [6.45, 7) is 5.97. The minimum atomic E-state index is -0.175. The van der Waals surface area contributed by atoms with Crippen molar-refractivity contribution in [3.05, 3.63) is 12.4 Å². The van der Waals surface area contributed by atoms with Crippen molar-refractivity contribution in [3.8, 4) is 6.01 Å². The van der Waals surface area contributed by atoms with E-state index in [0.717, 1.165) is 18.8 Å². The zero-order chi connectivity index (χ0) is 8.97. The molecular weight excluding hydrogens is 154 g/mol. The van der Waals surface area contributed by atoms with Gasteiger partial charge in [0.25, 0.3) is 0 Å². The summed E-state index contributed by atoms with van der Waals surface area (Å²) < 4.78 is 0. The highest BCUT2D eigenvalue weighted by Crippen LogP contribution is 2.11. The van der Waals surface area contributed by atoms with Crippen LogP contribution in [0.5, 0.6) is 6.01 Å². The number of aromatic hydroxyl groups is 1. The summed E-state index contributed by atoms with van der Waals surface area (Å²) >= 11 is 0. The van der Waals surface area contributed by atoms with E-state index in [1.165, 1.54) is 0 Å². The standard InChI is InChI=1S/C8H13N3O/c1-3-11(4-2)7-5-9-8(12)10-6-7/h5-6H,3-4H2,1-2H3,(H,9,10,12). The topological polar surface area (TPSA) is 49.2 Å². The molecule has 66 valence electrons. The lowest BCUT2D eigenvalue weighted by atomic mass is 10.4. The first-order chi connectivity index (χ1) is 5.77. The third kappa shape index (κ3) is 1.84. The molecular formula is C8H13N3O. The van der Waals surface area contributed by atoms with E-state index in [1.54, 1.807) is 12.4 Å². The molecule has 1 aromatic heterocycles. The predicted molar refractivity (Wildman–Crippen MR) is 47.3 cm³/mol. The maximum atomic E-state index is 8.84. The number of aromatic nitrogens is 2. The first-order valence-electron chi connectivity index (χ1n) is 4.03. The van der Waals surface area contributed by atoms with Crippen LogP contribution in [0.4, 0.5) is 5.69 Å². The Labute approximate surface area is 71.9 Å². The van der Waals surface area contributed by atoms with Crippen LogP contribution in [-0.4, -0.2) is 28.2 Å². The molecule has 0 bridgehead atoms. The Bertz CT molecular complexity index is 231. The third-order valence-corrected chi connectivity index (χ3v) is 1.75. The van der Waals surface area contributed by atoms with E-state index in [-0.39, 0.29) is 6.01 Å². The lowest BCUT2D eigenvalue weighted by molar-refractivity contribution is 0.430. The summed E-state index contributed by atoms with van der Waals surface area (Å²) in [5.41, 5.74) is 0.942. The number of anilines is 1.